The minimum absolute atomic E-state index is 0.107. The van der Waals surface area contributed by atoms with Crippen molar-refractivity contribution < 1.29 is 14.7 Å². The Balaban J connectivity index is 3.37. The fourth-order valence-corrected chi connectivity index (χ4v) is 2.48. The van der Waals surface area contributed by atoms with Gasteiger partial charge in [-0.3, -0.25) is 9.59 Å². The van der Waals surface area contributed by atoms with Crippen molar-refractivity contribution in [3.8, 4) is 0 Å². The van der Waals surface area contributed by atoms with Crippen LogP contribution in [0.5, 0.6) is 0 Å². The molecule has 5 nitrogen and oxygen atoms in total. The Hall–Kier alpha value is -1.10. The summed E-state index contributed by atoms with van der Waals surface area (Å²) in [6.07, 6.45) is 12.6. The Bertz CT molecular complexity index is 344. The molecular formula is C19H38N2O3. The fraction of sp³-hybridized carbons (Fsp3) is 0.895. The molecule has 0 saturated carbocycles. The van der Waals surface area contributed by atoms with Crippen molar-refractivity contribution in [2.75, 3.05) is 13.1 Å². The number of carboxylic acid groups (broad SMARTS) is 1. The number of unbranched alkanes of at least 4 members (excludes halogenated alkanes) is 8. The maximum atomic E-state index is 11.7. The van der Waals surface area contributed by atoms with Gasteiger partial charge in [0.15, 0.2) is 0 Å². The van der Waals surface area contributed by atoms with Crippen molar-refractivity contribution in [3.63, 3.8) is 0 Å². The highest BCUT2D eigenvalue weighted by atomic mass is 16.4. The zero-order chi connectivity index (χ0) is 18.3. The molecule has 0 aromatic heterocycles. The van der Waals surface area contributed by atoms with Crippen molar-refractivity contribution in [1.29, 1.82) is 0 Å². The van der Waals surface area contributed by atoms with Crippen LogP contribution in [0.3, 0.4) is 0 Å². The summed E-state index contributed by atoms with van der Waals surface area (Å²) in [6.45, 7) is 6.68. The van der Waals surface area contributed by atoms with E-state index in [0.29, 0.717) is 19.5 Å². The molecule has 24 heavy (non-hydrogen) atoms. The molecular weight excluding hydrogens is 304 g/mol. The standard InChI is InChI=1S/C19H38N2O3/c1-4-5-6-7-8-9-10-11-12-14-17(22)20-15-13-16-21-19(2,3)18(23)24/h21H,4-16H2,1-3H3,(H,20,22)(H,23,24). The molecule has 5 heteroatoms. The molecule has 0 bridgehead atoms. The highest BCUT2D eigenvalue weighted by molar-refractivity contribution is 5.77. The zero-order valence-corrected chi connectivity index (χ0v) is 16.0. The molecule has 0 aliphatic carbocycles. The Morgan fingerprint density at radius 2 is 1.38 bits per heavy atom. The van der Waals surface area contributed by atoms with Crippen LogP contribution in [0.25, 0.3) is 0 Å². The minimum atomic E-state index is -0.916. The van der Waals surface area contributed by atoms with Gasteiger partial charge in [-0.1, -0.05) is 58.3 Å². The predicted octanol–water partition coefficient (Wildman–Crippen LogP) is 3.87. The monoisotopic (exact) mass is 342 g/mol. The maximum Gasteiger partial charge on any atom is 0.323 e. The molecule has 0 atom stereocenters. The Labute approximate surface area is 148 Å². The van der Waals surface area contributed by atoms with Crippen LogP contribution in [0.1, 0.15) is 91.4 Å². The van der Waals surface area contributed by atoms with Gasteiger partial charge in [0.25, 0.3) is 0 Å². The molecule has 3 N–H and O–H groups in total. The van der Waals surface area contributed by atoms with Gasteiger partial charge in [-0.25, -0.2) is 0 Å². The number of amides is 1. The lowest BCUT2D eigenvalue weighted by molar-refractivity contribution is -0.143. The van der Waals surface area contributed by atoms with E-state index in [9.17, 15) is 9.59 Å². The van der Waals surface area contributed by atoms with Gasteiger partial charge >= 0.3 is 5.97 Å². The second-order valence-corrected chi connectivity index (χ2v) is 7.14. The van der Waals surface area contributed by atoms with Crippen LogP contribution >= 0.6 is 0 Å². The number of carboxylic acids is 1. The Kier molecular flexibility index (Phi) is 13.6. The second kappa shape index (κ2) is 14.3. The molecule has 0 aromatic carbocycles. The molecule has 0 aliphatic heterocycles. The van der Waals surface area contributed by atoms with Gasteiger partial charge in [0, 0.05) is 13.0 Å². The SMILES string of the molecule is CCCCCCCCCCCC(=O)NCCCNC(C)(C)C(=O)O. The molecule has 0 heterocycles. The van der Waals surface area contributed by atoms with E-state index in [1.807, 2.05) is 0 Å². The first-order valence-electron chi connectivity index (χ1n) is 9.65. The molecule has 0 spiro atoms. The lowest BCUT2D eigenvalue weighted by Crippen LogP contribution is -2.47. The summed E-state index contributed by atoms with van der Waals surface area (Å²) in [5, 5.41) is 14.8. The number of carbonyl (C=O) groups excluding carboxylic acids is 1. The first kappa shape index (κ1) is 22.9. The molecule has 0 saturated heterocycles. The fourth-order valence-electron chi connectivity index (χ4n) is 2.48. The van der Waals surface area contributed by atoms with E-state index < -0.39 is 11.5 Å². The third kappa shape index (κ3) is 13.3. The number of rotatable bonds is 16. The average Bonchev–Trinajstić information content (AvgIpc) is 2.52. The molecule has 142 valence electrons. The third-order valence-corrected chi connectivity index (χ3v) is 4.28. The molecule has 0 rings (SSSR count). The maximum absolute atomic E-state index is 11.7. The topological polar surface area (TPSA) is 78.4 Å². The van der Waals surface area contributed by atoms with E-state index >= 15 is 0 Å². The van der Waals surface area contributed by atoms with Crippen LogP contribution in [0.15, 0.2) is 0 Å². The highest BCUT2D eigenvalue weighted by Crippen LogP contribution is 2.10. The first-order chi connectivity index (χ1) is 11.4. The van der Waals surface area contributed by atoms with Crippen molar-refractivity contribution in [2.45, 2.75) is 96.9 Å². The van der Waals surface area contributed by atoms with Gasteiger partial charge in [-0.05, 0) is 33.2 Å². The second-order valence-electron chi connectivity index (χ2n) is 7.14. The van der Waals surface area contributed by atoms with Gasteiger partial charge < -0.3 is 15.7 Å². The van der Waals surface area contributed by atoms with Gasteiger partial charge in [0.2, 0.25) is 5.91 Å². The van der Waals surface area contributed by atoms with E-state index in [1.165, 1.54) is 44.9 Å². The molecule has 0 fully saturated rings. The predicted molar refractivity (Wildman–Crippen MR) is 99.2 cm³/mol. The van der Waals surface area contributed by atoms with Gasteiger partial charge in [-0.2, -0.15) is 0 Å². The van der Waals surface area contributed by atoms with E-state index in [4.69, 9.17) is 5.11 Å². The molecule has 0 unspecified atom stereocenters. The van der Waals surface area contributed by atoms with Crippen LogP contribution in [0, 0.1) is 0 Å². The van der Waals surface area contributed by atoms with Crippen molar-refractivity contribution in [2.24, 2.45) is 0 Å². The van der Waals surface area contributed by atoms with Crippen LogP contribution in [-0.4, -0.2) is 35.6 Å². The summed E-state index contributed by atoms with van der Waals surface area (Å²) in [4.78, 5) is 22.6. The van der Waals surface area contributed by atoms with E-state index in [0.717, 1.165) is 19.3 Å². The van der Waals surface area contributed by atoms with Crippen LogP contribution in [0.4, 0.5) is 0 Å². The normalized spacial score (nSPS) is 11.5. The lowest BCUT2D eigenvalue weighted by atomic mass is 10.1. The van der Waals surface area contributed by atoms with Crippen LogP contribution < -0.4 is 10.6 Å². The van der Waals surface area contributed by atoms with Crippen molar-refractivity contribution in [3.05, 3.63) is 0 Å². The van der Waals surface area contributed by atoms with Crippen molar-refractivity contribution in [1.82, 2.24) is 10.6 Å². The van der Waals surface area contributed by atoms with E-state index in [2.05, 4.69) is 17.6 Å². The molecule has 0 aromatic rings. The molecule has 1 amide bonds. The van der Waals surface area contributed by atoms with E-state index in [-0.39, 0.29) is 5.91 Å². The van der Waals surface area contributed by atoms with E-state index in [1.54, 1.807) is 13.8 Å². The zero-order valence-electron chi connectivity index (χ0n) is 16.0. The van der Waals surface area contributed by atoms with Crippen LogP contribution in [-0.2, 0) is 9.59 Å². The Morgan fingerprint density at radius 3 is 1.92 bits per heavy atom. The number of nitrogens with one attached hydrogen (secondary N) is 2. The first-order valence-corrected chi connectivity index (χ1v) is 9.65. The summed E-state index contributed by atoms with van der Waals surface area (Å²) >= 11 is 0. The van der Waals surface area contributed by atoms with Gasteiger partial charge in [0.1, 0.15) is 5.54 Å². The lowest BCUT2D eigenvalue weighted by Gasteiger charge is -2.20. The van der Waals surface area contributed by atoms with Crippen LogP contribution in [0.2, 0.25) is 0 Å². The number of hydrogen-bond donors (Lipinski definition) is 3. The highest BCUT2D eigenvalue weighted by Gasteiger charge is 2.25. The number of aliphatic carboxylic acids is 1. The number of carbonyl (C=O) groups is 2. The third-order valence-electron chi connectivity index (χ3n) is 4.28. The summed E-state index contributed by atoms with van der Waals surface area (Å²) in [5.41, 5.74) is -0.916. The van der Waals surface area contributed by atoms with Gasteiger partial charge in [-0.15, -0.1) is 0 Å². The smallest absolute Gasteiger partial charge is 0.323 e. The Morgan fingerprint density at radius 1 is 0.833 bits per heavy atom. The molecule has 0 aliphatic rings. The summed E-state index contributed by atoms with van der Waals surface area (Å²) < 4.78 is 0. The summed E-state index contributed by atoms with van der Waals surface area (Å²) in [5.74, 6) is -0.757. The summed E-state index contributed by atoms with van der Waals surface area (Å²) in [7, 11) is 0. The quantitative estimate of drug-likeness (QED) is 0.372. The number of hydrogen-bond acceptors (Lipinski definition) is 3. The minimum Gasteiger partial charge on any atom is -0.480 e. The van der Waals surface area contributed by atoms with Crippen molar-refractivity contribution >= 4 is 11.9 Å². The molecule has 0 radical (unpaired) electrons. The largest absolute Gasteiger partial charge is 0.480 e. The average molecular weight is 343 g/mol. The van der Waals surface area contributed by atoms with Gasteiger partial charge in [0.05, 0.1) is 0 Å². The summed E-state index contributed by atoms with van der Waals surface area (Å²) in [6, 6.07) is 0.